The summed E-state index contributed by atoms with van der Waals surface area (Å²) in [5, 5.41) is 19.0. The topological polar surface area (TPSA) is 132 Å². The van der Waals surface area contributed by atoms with Crippen LogP contribution in [0.25, 0.3) is 35.6 Å². The number of carbonyl (C=O) groups is 2. The third kappa shape index (κ3) is 7.17. The van der Waals surface area contributed by atoms with Gasteiger partial charge in [0.15, 0.2) is 0 Å². The Kier molecular flexibility index (Phi) is 11.4. The van der Waals surface area contributed by atoms with Gasteiger partial charge in [-0.25, -0.2) is 0 Å². The Morgan fingerprint density at radius 3 is 2.39 bits per heavy atom. The third-order valence-corrected chi connectivity index (χ3v) is 12.0. The minimum Gasteiger partial charge on any atom is -0.510 e. The monoisotopic (exact) mass is 734 g/mol. The van der Waals surface area contributed by atoms with Crippen LogP contribution in [0.1, 0.15) is 112 Å². The van der Waals surface area contributed by atoms with Gasteiger partial charge in [-0.05, 0) is 117 Å². The molecule has 3 aliphatic rings. The molecular weight excluding hydrogens is 677 g/mol. The van der Waals surface area contributed by atoms with Gasteiger partial charge in [-0.3, -0.25) is 9.59 Å². The minimum atomic E-state index is -0.989. The predicted molar refractivity (Wildman–Crippen MR) is 217 cm³/mol. The quantitative estimate of drug-likeness (QED) is 0.119. The fraction of sp³-hybridized carbons (Fsp3) is 0.467. The van der Waals surface area contributed by atoms with Crippen molar-refractivity contribution in [2.75, 3.05) is 13.7 Å². The summed E-state index contributed by atoms with van der Waals surface area (Å²) in [7, 11) is 1.35. The highest BCUT2D eigenvalue weighted by Gasteiger charge is 2.47. The van der Waals surface area contributed by atoms with Crippen molar-refractivity contribution in [2.24, 2.45) is 23.7 Å². The average molecular weight is 735 g/mol. The summed E-state index contributed by atoms with van der Waals surface area (Å²) in [5.41, 5.74) is 11.0. The molecule has 3 aromatic rings. The first-order valence-corrected chi connectivity index (χ1v) is 19.6. The maximum absolute atomic E-state index is 13.6. The van der Waals surface area contributed by atoms with Gasteiger partial charge in [0.1, 0.15) is 18.3 Å². The Labute approximate surface area is 318 Å². The van der Waals surface area contributed by atoms with Gasteiger partial charge in [-0.15, -0.1) is 0 Å². The molecule has 9 nitrogen and oxygen atoms in total. The number of hydrogen-bond donors (Lipinski definition) is 5. The Bertz CT molecular complexity index is 2290. The van der Waals surface area contributed by atoms with Crippen LogP contribution in [0.3, 0.4) is 0 Å². The van der Waals surface area contributed by atoms with Crippen molar-refractivity contribution in [2.45, 2.75) is 100.0 Å². The lowest BCUT2D eigenvalue weighted by molar-refractivity contribution is -0.143. The zero-order valence-corrected chi connectivity index (χ0v) is 33.5. The van der Waals surface area contributed by atoms with Gasteiger partial charge in [0.05, 0.1) is 18.5 Å². The fourth-order valence-electron chi connectivity index (χ4n) is 8.80. The lowest BCUT2D eigenvalue weighted by Crippen LogP contribution is -2.38. The van der Waals surface area contributed by atoms with Crippen molar-refractivity contribution in [1.82, 2.24) is 20.3 Å². The van der Waals surface area contributed by atoms with Crippen LogP contribution in [0.15, 0.2) is 23.9 Å². The van der Waals surface area contributed by atoms with Crippen LogP contribution in [0.4, 0.5) is 0 Å². The summed E-state index contributed by atoms with van der Waals surface area (Å²) in [4.78, 5) is 37.8. The molecule has 2 aliphatic heterocycles. The molecule has 5 heterocycles. The summed E-state index contributed by atoms with van der Waals surface area (Å²) in [6, 6.07) is -0.390. The first-order valence-electron chi connectivity index (χ1n) is 19.6. The Hall–Kier alpha value is -4.92. The Morgan fingerprint density at radius 2 is 1.70 bits per heavy atom. The number of methoxy groups -OCH3 is 1. The summed E-state index contributed by atoms with van der Waals surface area (Å²) < 4.78 is 11.0. The smallest absolute Gasteiger partial charge is 0.320 e. The maximum Gasteiger partial charge on any atom is 0.320 e. The fourth-order valence-corrected chi connectivity index (χ4v) is 8.80. The normalized spacial score (nSPS) is 22.6. The number of aromatic amines is 3. The molecule has 1 unspecified atom stereocenters. The van der Waals surface area contributed by atoms with Gasteiger partial charge in [0.25, 0.3) is 0 Å². The van der Waals surface area contributed by atoms with Crippen molar-refractivity contribution < 1.29 is 24.2 Å². The highest BCUT2D eigenvalue weighted by Crippen LogP contribution is 2.42. The van der Waals surface area contributed by atoms with Gasteiger partial charge >= 0.3 is 11.9 Å². The standard InChI is InChI=1S/C45H58N4O5/c1-11-29-25(6)32-20-34-27(8)31(16-17-38(50)54-19-18-24(5)15-13-14-23(3)4)42(48-34)40-41(45(52)53-10)44(51)39-28(9)35(49-43(39)40)22-37-30(12-2)26(7)33(47-37)21-36(29)46-32/h11,18,20-23,27,31,41-42,46-49,51H,1,12-17,19H2,2-10H3/b24-18-,33-21-,34-20-,37-22-/t27-,31-,41+,42?/m0/s1. The van der Waals surface area contributed by atoms with Crippen molar-refractivity contribution in [3.63, 3.8) is 0 Å². The van der Waals surface area contributed by atoms with Crippen LogP contribution >= 0.6 is 0 Å². The van der Waals surface area contributed by atoms with Gasteiger partial charge in [-0.2, -0.15) is 0 Å². The minimum absolute atomic E-state index is 0.0187. The van der Waals surface area contributed by atoms with E-state index in [9.17, 15) is 14.7 Å². The van der Waals surface area contributed by atoms with E-state index in [0.717, 1.165) is 80.4 Å². The van der Waals surface area contributed by atoms with E-state index < -0.39 is 11.9 Å². The van der Waals surface area contributed by atoms with E-state index in [4.69, 9.17) is 9.47 Å². The number of hydrogen-bond acceptors (Lipinski definition) is 6. The van der Waals surface area contributed by atoms with Gasteiger partial charge in [0.2, 0.25) is 0 Å². The summed E-state index contributed by atoms with van der Waals surface area (Å²) >= 11 is 0. The second kappa shape index (κ2) is 15.8. The molecule has 9 heteroatoms. The predicted octanol–water partition coefficient (Wildman–Crippen LogP) is 5.75. The molecule has 0 amide bonds. The number of aromatic nitrogens is 3. The molecule has 54 heavy (non-hydrogen) atoms. The summed E-state index contributed by atoms with van der Waals surface area (Å²) in [5.74, 6) is -1.25. The second-order valence-electron chi connectivity index (χ2n) is 15.8. The van der Waals surface area contributed by atoms with Crippen LogP contribution < -0.4 is 26.6 Å². The number of aliphatic hydroxyl groups is 1. The molecule has 1 aliphatic carbocycles. The molecule has 0 spiro atoms. The molecule has 1 saturated heterocycles. The van der Waals surface area contributed by atoms with Crippen molar-refractivity contribution in [3.8, 4) is 0 Å². The number of H-pyrrole nitrogens is 3. The van der Waals surface area contributed by atoms with Crippen molar-refractivity contribution in [1.29, 1.82) is 0 Å². The number of carbonyl (C=O) groups excluding carboxylic acids is 2. The third-order valence-electron chi connectivity index (χ3n) is 12.0. The largest absolute Gasteiger partial charge is 0.510 e. The summed E-state index contributed by atoms with van der Waals surface area (Å²) in [6.45, 7) is 21.5. The molecule has 4 atom stereocenters. The summed E-state index contributed by atoms with van der Waals surface area (Å²) in [6.07, 6.45) is 15.2. The number of rotatable bonds is 12. The molecule has 6 rings (SSSR count). The average Bonchev–Trinajstić information content (AvgIpc) is 3.87. The lowest BCUT2D eigenvalue weighted by atomic mass is 9.80. The molecule has 0 saturated carbocycles. The number of esters is 2. The highest BCUT2D eigenvalue weighted by atomic mass is 16.5. The first kappa shape index (κ1) is 38.8. The Morgan fingerprint density at radius 1 is 0.981 bits per heavy atom. The lowest BCUT2D eigenvalue weighted by Gasteiger charge is -2.26. The van der Waals surface area contributed by atoms with Crippen LogP contribution in [0.2, 0.25) is 0 Å². The van der Waals surface area contributed by atoms with Gasteiger partial charge in [-0.1, -0.05) is 52.3 Å². The zero-order valence-electron chi connectivity index (χ0n) is 33.5. The van der Waals surface area contributed by atoms with Crippen LogP contribution in [-0.4, -0.2) is 51.8 Å². The second-order valence-corrected chi connectivity index (χ2v) is 15.8. The molecule has 3 aromatic heterocycles. The first-order chi connectivity index (χ1) is 25.8. The van der Waals surface area contributed by atoms with Gasteiger partial charge < -0.3 is 34.8 Å². The van der Waals surface area contributed by atoms with Crippen molar-refractivity contribution in [3.05, 3.63) is 90.1 Å². The Balaban J connectivity index is 1.47. The maximum atomic E-state index is 13.6. The van der Waals surface area contributed by atoms with Crippen LogP contribution in [0.5, 0.6) is 0 Å². The van der Waals surface area contributed by atoms with E-state index in [1.165, 1.54) is 30.2 Å². The van der Waals surface area contributed by atoms with E-state index in [2.05, 4.69) is 93.5 Å². The number of fused-ring (bicyclic) bond motifs is 8. The SMILES string of the molecule is C=Cc1c2[nH]c(c1C)/C=C1\NC(C3=c4[nH]c(c(C)c4=C(O)[C@@H]3C(=O)OC)/C=c3\[nH]/c(c(C)c3CC)=C\2)[C@@H](CCC(=O)OC/C=C(/C)CCCC(C)C)[C@@H]1C. The molecule has 5 N–H and O–H groups in total. The molecule has 0 radical (unpaired) electrons. The number of nitrogens with one attached hydrogen (secondary N) is 4. The van der Waals surface area contributed by atoms with E-state index in [-0.39, 0.29) is 42.6 Å². The van der Waals surface area contributed by atoms with E-state index in [1.807, 2.05) is 19.1 Å². The molecule has 288 valence electrons. The van der Waals surface area contributed by atoms with Crippen LogP contribution in [-0.2, 0) is 25.5 Å². The molecule has 1 fully saturated rings. The number of allylic oxidation sites excluding steroid dienone is 2. The molecule has 8 bridgehead atoms. The van der Waals surface area contributed by atoms with Gasteiger partial charge in [0, 0.05) is 56.6 Å². The molecular formula is C45H58N4O5. The number of aliphatic hydroxyl groups excluding tert-OH is 1. The zero-order chi connectivity index (χ0) is 39.0. The van der Waals surface area contributed by atoms with E-state index in [1.54, 1.807) is 0 Å². The molecule has 0 aromatic carbocycles. The highest BCUT2D eigenvalue weighted by molar-refractivity contribution is 5.95. The van der Waals surface area contributed by atoms with E-state index in [0.29, 0.717) is 17.6 Å². The van der Waals surface area contributed by atoms with Crippen LogP contribution in [0, 0.1) is 44.4 Å². The number of ether oxygens (including phenoxy) is 2. The van der Waals surface area contributed by atoms with Crippen molar-refractivity contribution >= 4 is 47.6 Å². The van der Waals surface area contributed by atoms with E-state index >= 15 is 0 Å².